The lowest BCUT2D eigenvalue weighted by atomic mass is 10.2. The normalized spacial score (nSPS) is 10.1. The Labute approximate surface area is 101 Å². The minimum atomic E-state index is 0.223. The van der Waals surface area contributed by atoms with Crippen LogP contribution in [0.3, 0.4) is 0 Å². The molecule has 1 aromatic rings. The summed E-state index contributed by atoms with van der Waals surface area (Å²) in [5.41, 5.74) is 0. The van der Waals surface area contributed by atoms with Crippen molar-refractivity contribution >= 4 is 5.82 Å². The molecule has 96 valence electrons. The third kappa shape index (κ3) is 4.07. The van der Waals surface area contributed by atoms with Crippen LogP contribution in [-0.2, 0) is 0 Å². The molecule has 1 rings (SSSR count). The molecule has 6 heteroatoms. The second kappa shape index (κ2) is 7.67. The maximum Gasteiger partial charge on any atom is 0.262 e. The van der Waals surface area contributed by atoms with Gasteiger partial charge in [-0.15, -0.1) is 0 Å². The fraction of sp³-hybridized carbons (Fsp3) is 0.636. The van der Waals surface area contributed by atoms with E-state index in [0.29, 0.717) is 24.1 Å². The number of methoxy groups -OCH3 is 1. The SMILES string of the molecule is CNc1ncnc(OCCCCCO)c1OC. The molecule has 0 aliphatic rings. The summed E-state index contributed by atoms with van der Waals surface area (Å²) in [5, 5.41) is 11.6. The fourth-order valence-electron chi connectivity index (χ4n) is 1.38. The lowest BCUT2D eigenvalue weighted by Gasteiger charge is -2.11. The van der Waals surface area contributed by atoms with E-state index < -0.39 is 0 Å². The maximum absolute atomic E-state index is 8.64. The van der Waals surface area contributed by atoms with Crippen LogP contribution in [0.25, 0.3) is 0 Å². The van der Waals surface area contributed by atoms with Crippen molar-refractivity contribution in [1.82, 2.24) is 9.97 Å². The van der Waals surface area contributed by atoms with Gasteiger partial charge in [0.2, 0.25) is 5.75 Å². The van der Waals surface area contributed by atoms with E-state index in [0.717, 1.165) is 19.3 Å². The summed E-state index contributed by atoms with van der Waals surface area (Å²) in [6.07, 6.45) is 4.04. The van der Waals surface area contributed by atoms with Crippen molar-refractivity contribution in [3.63, 3.8) is 0 Å². The molecule has 0 aromatic carbocycles. The van der Waals surface area contributed by atoms with Gasteiger partial charge in [0.05, 0.1) is 13.7 Å². The van der Waals surface area contributed by atoms with Crippen LogP contribution < -0.4 is 14.8 Å². The number of rotatable bonds is 8. The molecule has 0 aliphatic carbocycles. The van der Waals surface area contributed by atoms with Gasteiger partial charge < -0.3 is 19.9 Å². The Morgan fingerprint density at radius 1 is 1.29 bits per heavy atom. The van der Waals surface area contributed by atoms with Gasteiger partial charge in [-0.3, -0.25) is 0 Å². The van der Waals surface area contributed by atoms with Gasteiger partial charge in [0.25, 0.3) is 5.88 Å². The van der Waals surface area contributed by atoms with E-state index in [1.54, 1.807) is 14.2 Å². The number of nitrogens with one attached hydrogen (secondary N) is 1. The molecular weight excluding hydrogens is 222 g/mol. The van der Waals surface area contributed by atoms with E-state index >= 15 is 0 Å². The van der Waals surface area contributed by atoms with E-state index in [-0.39, 0.29) is 6.61 Å². The predicted molar refractivity (Wildman–Crippen MR) is 64.6 cm³/mol. The van der Waals surface area contributed by atoms with Crippen LogP contribution in [0.1, 0.15) is 19.3 Å². The molecule has 0 unspecified atom stereocenters. The first-order valence-electron chi connectivity index (χ1n) is 5.64. The van der Waals surface area contributed by atoms with E-state index in [1.807, 2.05) is 0 Å². The predicted octanol–water partition coefficient (Wildman–Crippen LogP) is 1.07. The van der Waals surface area contributed by atoms with Gasteiger partial charge in [-0.25, -0.2) is 4.98 Å². The van der Waals surface area contributed by atoms with Gasteiger partial charge in [-0.05, 0) is 19.3 Å². The van der Waals surface area contributed by atoms with Crippen LogP contribution in [0.15, 0.2) is 6.33 Å². The van der Waals surface area contributed by atoms with Gasteiger partial charge in [-0.1, -0.05) is 0 Å². The highest BCUT2D eigenvalue weighted by Crippen LogP contribution is 2.30. The molecule has 6 nitrogen and oxygen atoms in total. The molecule has 2 N–H and O–H groups in total. The summed E-state index contributed by atoms with van der Waals surface area (Å²) in [6, 6.07) is 0. The van der Waals surface area contributed by atoms with Crippen LogP contribution in [0.5, 0.6) is 11.6 Å². The van der Waals surface area contributed by atoms with Crippen molar-refractivity contribution in [2.24, 2.45) is 0 Å². The topological polar surface area (TPSA) is 76.5 Å². The Balaban J connectivity index is 2.52. The number of hydrogen-bond donors (Lipinski definition) is 2. The molecule has 0 fully saturated rings. The van der Waals surface area contributed by atoms with Crippen molar-refractivity contribution in [3.05, 3.63) is 6.33 Å². The number of nitrogens with zero attached hydrogens (tertiary/aromatic N) is 2. The molecule has 0 bridgehead atoms. The number of unbranched alkanes of at least 4 members (excludes halogenated alkanes) is 2. The summed E-state index contributed by atoms with van der Waals surface area (Å²) < 4.78 is 10.7. The summed E-state index contributed by atoms with van der Waals surface area (Å²) in [5.74, 6) is 1.56. The molecule has 0 aliphatic heterocycles. The average molecular weight is 241 g/mol. The largest absolute Gasteiger partial charge is 0.489 e. The van der Waals surface area contributed by atoms with Crippen molar-refractivity contribution in [2.45, 2.75) is 19.3 Å². The van der Waals surface area contributed by atoms with Gasteiger partial charge in [-0.2, -0.15) is 4.98 Å². The van der Waals surface area contributed by atoms with Crippen molar-refractivity contribution in [3.8, 4) is 11.6 Å². The molecule has 0 radical (unpaired) electrons. The fourth-order valence-corrected chi connectivity index (χ4v) is 1.38. The van der Waals surface area contributed by atoms with Crippen LogP contribution in [-0.4, -0.2) is 42.4 Å². The maximum atomic E-state index is 8.64. The van der Waals surface area contributed by atoms with Gasteiger partial charge in [0.1, 0.15) is 6.33 Å². The number of ether oxygens (including phenoxy) is 2. The summed E-state index contributed by atoms with van der Waals surface area (Å²) in [4.78, 5) is 8.05. The Kier molecular flexibility index (Phi) is 6.09. The molecule has 1 heterocycles. The second-order valence-corrected chi connectivity index (χ2v) is 3.44. The van der Waals surface area contributed by atoms with Gasteiger partial charge in [0, 0.05) is 13.7 Å². The Bertz CT molecular complexity index is 334. The van der Waals surface area contributed by atoms with Crippen molar-refractivity contribution in [2.75, 3.05) is 32.7 Å². The lowest BCUT2D eigenvalue weighted by molar-refractivity contribution is 0.254. The number of hydrogen-bond acceptors (Lipinski definition) is 6. The smallest absolute Gasteiger partial charge is 0.262 e. The molecule has 0 atom stereocenters. The Hall–Kier alpha value is -1.56. The zero-order valence-electron chi connectivity index (χ0n) is 10.3. The molecule has 1 aromatic heterocycles. The number of aliphatic hydroxyl groups excluding tert-OH is 1. The van der Waals surface area contributed by atoms with Crippen LogP contribution in [0, 0.1) is 0 Å². The van der Waals surface area contributed by atoms with E-state index in [1.165, 1.54) is 6.33 Å². The Morgan fingerprint density at radius 2 is 2.12 bits per heavy atom. The number of aliphatic hydroxyl groups is 1. The first-order chi connectivity index (χ1) is 8.33. The average Bonchev–Trinajstić information content (AvgIpc) is 2.38. The lowest BCUT2D eigenvalue weighted by Crippen LogP contribution is -2.05. The highest BCUT2D eigenvalue weighted by atomic mass is 16.5. The number of aromatic nitrogens is 2. The summed E-state index contributed by atoms with van der Waals surface area (Å²) >= 11 is 0. The standard InChI is InChI=1S/C11H19N3O3/c1-12-10-9(16-2)11(14-8-13-10)17-7-5-3-4-6-15/h8,15H,3-7H2,1-2H3,(H,12,13,14). The zero-order valence-corrected chi connectivity index (χ0v) is 10.3. The summed E-state index contributed by atoms with van der Waals surface area (Å²) in [6.45, 7) is 0.775. The third-order valence-electron chi connectivity index (χ3n) is 2.25. The summed E-state index contributed by atoms with van der Waals surface area (Å²) in [7, 11) is 3.31. The van der Waals surface area contributed by atoms with Crippen LogP contribution in [0.4, 0.5) is 5.82 Å². The highest BCUT2D eigenvalue weighted by molar-refractivity contribution is 5.54. The quantitative estimate of drug-likeness (QED) is 0.663. The zero-order chi connectivity index (χ0) is 12.5. The number of anilines is 1. The van der Waals surface area contributed by atoms with Crippen molar-refractivity contribution in [1.29, 1.82) is 0 Å². The molecule has 17 heavy (non-hydrogen) atoms. The van der Waals surface area contributed by atoms with Gasteiger partial charge in [0.15, 0.2) is 5.82 Å². The monoisotopic (exact) mass is 241 g/mol. The highest BCUT2D eigenvalue weighted by Gasteiger charge is 2.11. The molecule has 0 saturated heterocycles. The molecular formula is C11H19N3O3. The van der Waals surface area contributed by atoms with Gasteiger partial charge >= 0.3 is 0 Å². The molecule has 0 spiro atoms. The first-order valence-corrected chi connectivity index (χ1v) is 5.64. The minimum Gasteiger partial charge on any atom is -0.489 e. The van der Waals surface area contributed by atoms with E-state index in [9.17, 15) is 0 Å². The second-order valence-electron chi connectivity index (χ2n) is 3.44. The van der Waals surface area contributed by atoms with E-state index in [2.05, 4.69) is 15.3 Å². The molecule has 0 saturated carbocycles. The third-order valence-corrected chi connectivity index (χ3v) is 2.25. The van der Waals surface area contributed by atoms with Crippen LogP contribution in [0.2, 0.25) is 0 Å². The van der Waals surface area contributed by atoms with Crippen LogP contribution >= 0.6 is 0 Å². The van der Waals surface area contributed by atoms with Crippen molar-refractivity contribution < 1.29 is 14.6 Å². The minimum absolute atomic E-state index is 0.223. The Morgan fingerprint density at radius 3 is 2.76 bits per heavy atom. The molecule has 0 amide bonds. The first kappa shape index (κ1) is 13.5. The van der Waals surface area contributed by atoms with E-state index in [4.69, 9.17) is 14.6 Å².